The van der Waals surface area contributed by atoms with Gasteiger partial charge in [0.05, 0.1) is 6.42 Å². The lowest BCUT2D eigenvalue weighted by atomic mass is 10.1. The third-order valence-electron chi connectivity index (χ3n) is 2.86. The maximum atomic E-state index is 11.8. The van der Waals surface area contributed by atoms with E-state index in [0.717, 1.165) is 0 Å². The van der Waals surface area contributed by atoms with Gasteiger partial charge < -0.3 is 0 Å². The Morgan fingerprint density at radius 3 is 2.32 bits per heavy atom. The second-order valence-corrected chi connectivity index (χ2v) is 4.30. The molecule has 100 valence electrons. The Labute approximate surface area is 110 Å². The first-order valence-corrected chi connectivity index (χ1v) is 6.01. The molecule has 0 saturated carbocycles. The Kier molecular flexibility index (Phi) is 3.91. The van der Waals surface area contributed by atoms with Crippen molar-refractivity contribution in [1.29, 1.82) is 0 Å². The van der Waals surface area contributed by atoms with E-state index in [2.05, 4.69) is 0 Å². The summed E-state index contributed by atoms with van der Waals surface area (Å²) in [5.41, 5.74) is 0.698. The number of nitrogens with zero attached hydrogens (tertiary/aromatic N) is 2. The van der Waals surface area contributed by atoms with Crippen molar-refractivity contribution in [3.05, 3.63) is 35.9 Å². The van der Waals surface area contributed by atoms with Crippen LogP contribution in [0.1, 0.15) is 24.8 Å². The molecule has 6 nitrogen and oxygen atoms in total. The number of rotatable bonds is 3. The number of imide groups is 1. The summed E-state index contributed by atoms with van der Waals surface area (Å²) >= 11 is 0. The highest BCUT2D eigenvalue weighted by Gasteiger charge is 2.33. The molecule has 0 atom stereocenters. The van der Waals surface area contributed by atoms with Gasteiger partial charge in [-0.15, -0.1) is 5.17 Å². The molecule has 1 fully saturated rings. The highest BCUT2D eigenvalue weighted by atomic mass is 16.6. The van der Waals surface area contributed by atoms with E-state index in [1.165, 1.54) is 0 Å². The van der Waals surface area contributed by atoms with Crippen molar-refractivity contribution in [2.45, 2.75) is 25.7 Å². The van der Waals surface area contributed by atoms with Crippen molar-refractivity contribution in [2.24, 2.45) is 0 Å². The van der Waals surface area contributed by atoms with E-state index in [-0.39, 0.29) is 24.4 Å². The zero-order valence-electron chi connectivity index (χ0n) is 10.3. The highest BCUT2D eigenvalue weighted by Crippen LogP contribution is 2.14. The lowest BCUT2D eigenvalue weighted by molar-refractivity contribution is -0.235. The molecule has 2 rings (SSSR count). The Balaban J connectivity index is 2.06. The lowest BCUT2D eigenvalue weighted by Crippen LogP contribution is -2.53. The molecule has 1 aromatic carbocycles. The maximum absolute atomic E-state index is 11.8. The average molecular weight is 262 g/mol. The van der Waals surface area contributed by atoms with Crippen LogP contribution in [-0.2, 0) is 20.8 Å². The fourth-order valence-electron chi connectivity index (χ4n) is 1.91. The minimum Gasteiger partial charge on any atom is -0.272 e. The van der Waals surface area contributed by atoms with Crippen LogP contribution in [0.15, 0.2) is 30.3 Å². The van der Waals surface area contributed by atoms with E-state index in [4.69, 9.17) is 0 Å². The van der Waals surface area contributed by atoms with E-state index in [1.807, 2.05) is 6.07 Å². The molecule has 0 spiro atoms. The van der Waals surface area contributed by atoms with Gasteiger partial charge in [0, 0.05) is 12.8 Å². The summed E-state index contributed by atoms with van der Waals surface area (Å²) in [6.45, 7) is 0. The molecular weight excluding hydrogens is 248 g/mol. The number of carbonyl (C=O) groups is 3. The lowest BCUT2D eigenvalue weighted by Gasteiger charge is -2.30. The van der Waals surface area contributed by atoms with Crippen LogP contribution < -0.4 is 0 Å². The van der Waals surface area contributed by atoms with Crippen LogP contribution in [0.25, 0.3) is 0 Å². The van der Waals surface area contributed by atoms with Gasteiger partial charge in [0.15, 0.2) is 0 Å². The van der Waals surface area contributed by atoms with Crippen molar-refractivity contribution < 1.29 is 19.6 Å². The highest BCUT2D eigenvalue weighted by molar-refractivity contribution is 5.99. The summed E-state index contributed by atoms with van der Waals surface area (Å²) in [6.07, 6.45) is 0.687. The summed E-state index contributed by atoms with van der Waals surface area (Å²) < 4.78 is 0. The third-order valence-corrected chi connectivity index (χ3v) is 2.86. The Morgan fingerprint density at radius 2 is 1.74 bits per heavy atom. The number of hydroxylamine groups is 1. The molecular formula is C13H14N2O4. The molecule has 1 heterocycles. The van der Waals surface area contributed by atoms with Gasteiger partial charge in [-0.3, -0.25) is 19.6 Å². The minimum atomic E-state index is -0.713. The van der Waals surface area contributed by atoms with Crippen molar-refractivity contribution >= 4 is 17.7 Å². The van der Waals surface area contributed by atoms with Gasteiger partial charge in [-0.05, 0) is 12.0 Å². The Bertz CT molecular complexity index is 485. The minimum absolute atomic E-state index is 0.0750. The van der Waals surface area contributed by atoms with Crippen LogP contribution in [0.2, 0.25) is 0 Å². The fraction of sp³-hybridized carbons (Fsp3) is 0.308. The second-order valence-electron chi connectivity index (χ2n) is 4.30. The number of hydrazine groups is 1. The van der Waals surface area contributed by atoms with Crippen molar-refractivity contribution in [1.82, 2.24) is 10.2 Å². The average Bonchev–Trinajstić information content (AvgIpc) is 2.39. The van der Waals surface area contributed by atoms with Gasteiger partial charge in [0.2, 0.25) is 11.8 Å². The third kappa shape index (κ3) is 2.97. The van der Waals surface area contributed by atoms with Gasteiger partial charge in [-0.25, -0.2) is 0 Å². The Morgan fingerprint density at radius 1 is 1.16 bits per heavy atom. The summed E-state index contributed by atoms with van der Waals surface area (Å²) in [5.74, 6) is -1.82. The number of piperidine rings is 1. The van der Waals surface area contributed by atoms with Crippen LogP contribution >= 0.6 is 0 Å². The molecule has 6 heteroatoms. The molecule has 0 radical (unpaired) electrons. The molecule has 19 heavy (non-hydrogen) atoms. The van der Waals surface area contributed by atoms with E-state index in [9.17, 15) is 19.6 Å². The van der Waals surface area contributed by atoms with E-state index in [1.54, 1.807) is 24.3 Å². The van der Waals surface area contributed by atoms with Gasteiger partial charge in [0.1, 0.15) is 0 Å². The molecule has 0 unspecified atom stereocenters. The van der Waals surface area contributed by atoms with Crippen molar-refractivity contribution in [3.63, 3.8) is 0 Å². The zero-order chi connectivity index (χ0) is 13.8. The maximum Gasteiger partial charge on any atom is 0.271 e. The van der Waals surface area contributed by atoms with Gasteiger partial charge in [-0.1, -0.05) is 30.3 Å². The number of hydrogen-bond donors (Lipinski definition) is 1. The molecule has 0 aromatic heterocycles. The van der Waals surface area contributed by atoms with Crippen LogP contribution in [0.4, 0.5) is 0 Å². The molecule has 1 aliphatic rings. The standard InChI is InChI=1S/C13H14N2O4/c16-11-7-4-8-12(17)14(11)15(19)13(18)9-10-5-2-1-3-6-10/h1-3,5-6,19H,4,7-9H2. The smallest absolute Gasteiger partial charge is 0.271 e. The molecule has 3 amide bonds. The SMILES string of the molecule is O=C(Cc1ccccc1)N(O)N1C(=O)CCCC1=O. The molecule has 1 aromatic rings. The van der Waals surface area contributed by atoms with Gasteiger partial charge >= 0.3 is 0 Å². The van der Waals surface area contributed by atoms with Crippen LogP contribution in [-0.4, -0.2) is 33.1 Å². The summed E-state index contributed by atoms with van der Waals surface area (Å²) in [7, 11) is 0. The molecule has 0 bridgehead atoms. The normalized spacial score (nSPS) is 15.5. The first-order valence-electron chi connectivity index (χ1n) is 6.01. The monoisotopic (exact) mass is 262 g/mol. The molecule has 1 saturated heterocycles. The zero-order valence-corrected chi connectivity index (χ0v) is 10.3. The van der Waals surface area contributed by atoms with Crippen LogP contribution in [0.5, 0.6) is 0 Å². The van der Waals surface area contributed by atoms with E-state index in [0.29, 0.717) is 17.0 Å². The summed E-state index contributed by atoms with van der Waals surface area (Å²) in [6, 6.07) is 8.79. The quantitative estimate of drug-likeness (QED) is 0.499. The summed E-state index contributed by atoms with van der Waals surface area (Å²) in [5, 5.41) is 10.4. The van der Waals surface area contributed by atoms with Crippen molar-refractivity contribution in [3.8, 4) is 0 Å². The van der Waals surface area contributed by atoms with Gasteiger partial charge in [-0.2, -0.15) is 5.01 Å². The van der Waals surface area contributed by atoms with Crippen LogP contribution in [0.3, 0.4) is 0 Å². The van der Waals surface area contributed by atoms with Gasteiger partial charge in [0.25, 0.3) is 5.91 Å². The first kappa shape index (κ1) is 13.2. The number of amides is 3. The largest absolute Gasteiger partial charge is 0.272 e. The summed E-state index contributed by atoms with van der Waals surface area (Å²) in [4.78, 5) is 34.9. The molecule has 1 N–H and O–H groups in total. The van der Waals surface area contributed by atoms with Crippen molar-refractivity contribution in [2.75, 3.05) is 0 Å². The predicted octanol–water partition coefficient (Wildman–Crippen LogP) is 0.901. The topological polar surface area (TPSA) is 77.9 Å². The molecule has 1 aliphatic heterocycles. The first-order chi connectivity index (χ1) is 9.09. The number of hydrogen-bond acceptors (Lipinski definition) is 4. The van der Waals surface area contributed by atoms with E-state index >= 15 is 0 Å². The number of carbonyl (C=O) groups excluding carboxylic acids is 3. The second kappa shape index (κ2) is 5.62. The number of benzene rings is 1. The van der Waals surface area contributed by atoms with E-state index < -0.39 is 17.7 Å². The Hall–Kier alpha value is -2.21. The van der Waals surface area contributed by atoms with Crippen LogP contribution in [0, 0.1) is 0 Å². The molecule has 0 aliphatic carbocycles. The fourth-order valence-corrected chi connectivity index (χ4v) is 1.91. The predicted molar refractivity (Wildman–Crippen MR) is 64.5 cm³/mol.